The Kier molecular flexibility index (Phi) is 0.601. The van der Waals surface area contributed by atoms with Crippen molar-refractivity contribution in [2.45, 2.75) is 12.8 Å². The minimum absolute atomic E-state index is 0.671. The van der Waals surface area contributed by atoms with Crippen LogP contribution in [0.4, 0.5) is 0 Å². The highest BCUT2D eigenvalue weighted by Crippen LogP contribution is 2.38. The molecule has 1 atom stereocenters. The summed E-state index contributed by atoms with van der Waals surface area (Å²) in [7, 11) is 0. The molecule has 1 unspecified atom stereocenters. The van der Waals surface area contributed by atoms with Crippen LogP contribution in [-0.4, -0.2) is 0 Å². The summed E-state index contributed by atoms with van der Waals surface area (Å²) in [6, 6.07) is 0. The first-order valence-electron chi connectivity index (χ1n) is 3.03. The van der Waals surface area contributed by atoms with E-state index in [9.17, 15) is 0 Å². The van der Waals surface area contributed by atoms with Crippen molar-refractivity contribution in [1.29, 1.82) is 0 Å². The van der Waals surface area contributed by atoms with Gasteiger partial charge in [0.15, 0.2) is 0 Å². The van der Waals surface area contributed by atoms with E-state index in [0.29, 0.717) is 5.92 Å². The molecule has 0 aliphatic heterocycles. The lowest BCUT2D eigenvalue weighted by molar-refractivity contribution is 0.768. The Morgan fingerprint density at radius 2 is 2.62 bits per heavy atom. The third kappa shape index (κ3) is 0.320. The standard InChI is InChI=1S/C8H8/c1-6-7-2-3-8(6)5-4-7/h2,7H,1,4-5H2. The fraction of sp³-hybridized carbons (Fsp3) is 0.375. The predicted octanol–water partition coefficient (Wildman–Crippen LogP) is 2.05. The molecule has 0 heterocycles. The van der Waals surface area contributed by atoms with E-state index in [1.54, 1.807) is 0 Å². The maximum atomic E-state index is 3.95. The van der Waals surface area contributed by atoms with Crippen LogP contribution in [0.3, 0.4) is 0 Å². The largest absolute Gasteiger partial charge is 0.121 e. The van der Waals surface area contributed by atoms with Crippen molar-refractivity contribution in [2.75, 3.05) is 0 Å². The van der Waals surface area contributed by atoms with Gasteiger partial charge in [0.2, 0.25) is 0 Å². The lowest BCUT2D eigenvalue weighted by Gasteiger charge is -1.95. The molecule has 0 aromatic rings. The van der Waals surface area contributed by atoms with Gasteiger partial charge in [-0.05, 0) is 30.1 Å². The minimum Gasteiger partial charge on any atom is -0.121 e. The lowest BCUT2D eigenvalue weighted by Crippen LogP contribution is -1.84. The van der Waals surface area contributed by atoms with Gasteiger partial charge in [-0.2, -0.15) is 0 Å². The highest BCUT2D eigenvalue weighted by Gasteiger charge is 2.24. The van der Waals surface area contributed by atoms with Gasteiger partial charge in [-0.3, -0.25) is 0 Å². The third-order valence-electron chi connectivity index (χ3n) is 2.00. The maximum Gasteiger partial charge on any atom is 0.0100 e. The summed E-state index contributed by atoms with van der Waals surface area (Å²) in [5.41, 5.74) is 5.89. The monoisotopic (exact) mass is 104 g/mol. The zero-order valence-corrected chi connectivity index (χ0v) is 4.78. The average Bonchev–Trinajstić information content (AvgIpc) is 2.29. The van der Waals surface area contributed by atoms with E-state index in [-0.39, 0.29) is 0 Å². The van der Waals surface area contributed by atoms with Gasteiger partial charge < -0.3 is 0 Å². The van der Waals surface area contributed by atoms with Gasteiger partial charge in [0, 0.05) is 5.92 Å². The fourth-order valence-corrected chi connectivity index (χ4v) is 1.41. The second-order valence-electron chi connectivity index (χ2n) is 2.46. The van der Waals surface area contributed by atoms with Crippen molar-refractivity contribution in [3.63, 3.8) is 0 Å². The van der Waals surface area contributed by atoms with E-state index in [0.717, 1.165) is 0 Å². The summed E-state index contributed by atoms with van der Waals surface area (Å²) < 4.78 is 0. The number of hydrogen-bond donors (Lipinski definition) is 0. The molecule has 0 N–H and O–H groups in total. The lowest BCUT2D eigenvalue weighted by atomic mass is 10.1. The van der Waals surface area contributed by atoms with Crippen LogP contribution in [0.2, 0.25) is 0 Å². The highest BCUT2D eigenvalue weighted by molar-refractivity contribution is 5.42. The van der Waals surface area contributed by atoms with E-state index in [2.05, 4.69) is 18.4 Å². The minimum atomic E-state index is 0.671. The summed E-state index contributed by atoms with van der Waals surface area (Å²) in [6.07, 6.45) is 4.66. The molecule has 8 heavy (non-hydrogen) atoms. The van der Waals surface area contributed by atoms with Crippen molar-refractivity contribution in [2.24, 2.45) is 5.92 Å². The fourth-order valence-electron chi connectivity index (χ4n) is 1.41. The third-order valence-corrected chi connectivity index (χ3v) is 2.00. The Bertz CT molecular complexity index is 202. The average molecular weight is 104 g/mol. The molecule has 2 rings (SSSR count). The molecule has 0 heteroatoms. The van der Waals surface area contributed by atoms with Gasteiger partial charge in [-0.15, -0.1) is 5.73 Å². The molecular formula is C8H8. The molecule has 1 saturated carbocycles. The zero-order chi connectivity index (χ0) is 5.56. The number of hydrogen-bond acceptors (Lipinski definition) is 0. The Morgan fingerprint density at radius 3 is 2.75 bits per heavy atom. The molecule has 1 fully saturated rings. The van der Waals surface area contributed by atoms with E-state index in [1.807, 2.05) is 0 Å². The van der Waals surface area contributed by atoms with Crippen LogP contribution in [0.25, 0.3) is 0 Å². The van der Waals surface area contributed by atoms with Crippen molar-refractivity contribution in [1.82, 2.24) is 0 Å². The first kappa shape index (κ1) is 4.17. The molecule has 0 saturated heterocycles. The van der Waals surface area contributed by atoms with Crippen molar-refractivity contribution in [3.8, 4) is 0 Å². The van der Waals surface area contributed by atoms with Gasteiger partial charge in [0.05, 0.1) is 0 Å². The van der Waals surface area contributed by atoms with Gasteiger partial charge in [-0.25, -0.2) is 0 Å². The highest BCUT2D eigenvalue weighted by atomic mass is 14.3. The molecule has 0 spiro atoms. The van der Waals surface area contributed by atoms with E-state index >= 15 is 0 Å². The van der Waals surface area contributed by atoms with Gasteiger partial charge in [0.1, 0.15) is 0 Å². The van der Waals surface area contributed by atoms with Crippen LogP contribution >= 0.6 is 0 Å². The molecule has 2 aliphatic rings. The molecule has 0 nitrogen and oxygen atoms in total. The van der Waals surface area contributed by atoms with Crippen molar-refractivity contribution in [3.05, 3.63) is 29.5 Å². The first-order valence-corrected chi connectivity index (χ1v) is 3.03. The Hall–Kier alpha value is -0.740. The Balaban J connectivity index is 2.56. The summed E-state index contributed by atoms with van der Waals surface area (Å²) >= 11 is 0. The van der Waals surface area contributed by atoms with E-state index < -0.39 is 0 Å². The van der Waals surface area contributed by atoms with Gasteiger partial charge in [-0.1, -0.05) is 6.58 Å². The molecule has 2 aliphatic carbocycles. The van der Waals surface area contributed by atoms with Crippen LogP contribution in [0, 0.1) is 5.92 Å². The van der Waals surface area contributed by atoms with Crippen LogP contribution < -0.4 is 0 Å². The van der Waals surface area contributed by atoms with E-state index in [4.69, 9.17) is 0 Å². The quantitative estimate of drug-likeness (QED) is 0.412. The molecule has 0 radical (unpaired) electrons. The number of fused-ring (bicyclic) bond motifs is 2. The summed E-state index contributed by atoms with van der Waals surface area (Å²) in [5, 5.41) is 0. The van der Waals surface area contributed by atoms with Crippen molar-refractivity contribution < 1.29 is 0 Å². The summed E-state index contributed by atoms with van der Waals surface area (Å²) in [4.78, 5) is 0. The smallest absolute Gasteiger partial charge is 0.0100 e. The van der Waals surface area contributed by atoms with Crippen LogP contribution in [0.15, 0.2) is 29.5 Å². The maximum absolute atomic E-state index is 3.95. The zero-order valence-electron chi connectivity index (χ0n) is 4.78. The van der Waals surface area contributed by atoms with E-state index in [1.165, 1.54) is 24.0 Å². The number of allylic oxidation sites excluding steroid dienone is 2. The molecular weight excluding hydrogens is 96.1 g/mol. The van der Waals surface area contributed by atoms with Crippen LogP contribution in [-0.2, 0) is 0 Å². The van der Waals surface area contributed by atoms with Gasteiger partial charge in [0.25, 0.3) is 0 Å². The van der Waals surface area contributed by atoms with Crippen LogP contribution in [0.5, 0.6) is 0 Å². The normalized spacial score (nSPS) is 31.8. The first-order chi connectivity index (χ1) is 3.88. The number of rotatable bonds is 0. The molecule has 0 amide bonds. The van der Waals surface area contributed by atoms with Crippen molar-refractivity contribution >= 4 is 0 Å². The Morgan fingerprint density at radius 1 is 1.75 bits per heavy atom. The topological polar surface area (TPSA) is 0 Å². The molecule has 40 valence electrons. The molecule has 2 bridgehead atoms. The van der Waals surface area contributed by atoms with Crippen LogP contribution in [0.1, 0.15) is 12.8 Å². The SMILES string of the molecule is C=C1C2=C=CC1CC2. The Labute approximate surface area is 49.2 Å². The second-order valence-corrected chi connectivity index (χ2v) is 2.46. The second kappa shape index (κ2) is 1.15. The molecule has 0 aromatic heterocycles. The predicted molar refractivity (Wildman–Crippen MR) is 33.5 cm³/mol. The van der Waals surface area contributed by atoms with Gasteiger partial charge >= 0.3 is 0 Å². The summed E-state index contributed by atoms with van der Waals surface area (Å²) in [6.45, 7) is 3.95. The molecule has 0 aromatic carbocycles. The summed E-state index contributed by atoms with van der Waals surface area (Å²) in [5.74, 6) is 0.671.